The van der Waals surface area contributed by atoms with Gasteiger partial charge in [-0.15, -0.1) is 0 Å². The number of carbonyl (C=O) groups is 1. The SMILES string of the molecule is Cc1sc(=O)n(CCC(=O)Nc2cccc(COCC3CC3)c2)c1C. The van der Waals surface area contributed by atoms with E-state index in [2.05, 4.69) is 5.32 Å². The van der Waals surface area contributed by atoms with Crippen LogP contribution < -0.4 is 10.2 Å². The number of aryl methyl sites for hydroxylation is 1. The number of aromatic nitrogens is 1. The number of ether oxygens (including phenoxy) is 1. The van der Waals surface area contributed by atoms with E-state index in [9.17, 15) is 9.59 Å². The molecule has 3 rings (SSSR count). The highest BCUT2D eigenvalue weighted by atomic mass is 32.1. The first kappa shape index (κ1) is 17.9. The molecule has 0 spiro atoms. The van der Waals surface area contributed by atoms with Crippen LogP contribution >= 0.6 is 11.3 Å². The van der Waals surface area contributed by atoms with E-state index in [1.54, 1.807) is 4.57 Å². The van der Waals surface area contributed by atoms with Gasteiger partial charge in [0.05, 0.1) is 6.61 Å². The molecule has 0 saturated heterocycles. The first-order valence-electron chi connectivity index (χ1n) is 8.66. The number of anilines is 1. The van der Waals surface area contributed by atoms with E-state index in [0.29, 0.717) is 13.2 Å². The molecule has 0 radical (unpaired) electrons. The van der Waals surface area contributed by atoms with Crippen molar-refractivity contribution in [1.82, 2.24) is 4.57 Å². The van der Waals surface area contributed by atoms with E-state index < -0.39 is 0 Å². The topological polar surface area (TPSA) is 60.3 Å². The summed E-state index contributed by atoms with van der Waals surface area (Å²) in [5, 5.41) is 2.90. The van der Waals surface area contributed by atoms with Gasteiger partial charge in [-0.3, -0.25) is 9.59 Å². The molecule has 2 aromatic rings. The van der Waals surface area contributed by atoms with Crippen molar-refractivity contribution in [2.75, 3.05) is 11.9 Å². The van der Waals surface area contributed by atoms with Crippen molar-refractivity contribution in [3.05, 3.63) is 50.1 Å². The number of benzene rings is 1. The Balaban J connectivity index is 1.50. The summed E-state index contributed by atoms with van der Waals surface area (Å²) in [5.74, 6) is 0.654. The maximum Gasteiger partial charge on any atom is 0.307 e. The molecule has 0 bridgehead atoms. The highest BCUT2D eigenvalue weighted by molar-refractivity contribution is 7.09. The van der Waals surface area contributed by atoms with Gasteiger partial charge in [0, 0.05) is 35.8 Å². The van der Waals surface area contributed by atoms with Crippen LogP contribution in [0.25, 0.3) is 0 Å². The van der Waals surface area contributed by atoms with Gasteiger partial charge in [-0.1, -0.05) is 23.5 Å². The van der Waals surface area contributed by atoms with Gasteiger partial charge in [-0.2, -0.15) is 0 Å². The van der Waals surface area contributed by atoms with E-state index in [-0.39, 0.29) is 17.2 Å². The Morgan fingerprint density at radius 2 is 2.16 bits per heavy atom. The Bertz CT molecular complexity index is 805. The monoisotopic (exact) mass is 360 g/mol. The minimum atomic E-state index is -0.0915. The van der Waals surface area contributed by atoms with Crippen molar-refractivity contribution in [2.24, 2.45) is 5.92 Å². The second-order valence-corrected chi connectivity index (χ2v) is 7.78. The Morgan fingerprint density at radius 1 is 1.36 bits per heavy atom. The minimum Gasteiger partial charge on any atom is -0.376 e. The van der Waals surface area contributed by atoms with Crippen molar-refractivity contribution < 1.29 is 9.53 Å². The van der Waals surface area contributed by atoms with Gasteiger partial charge in [-0.05, 0) is 50.3 Å². The lowest BCUT2D eigenvalue weighted by molar-refractivity contribution is -0.116. The van der Waals surface area contributed by atoms with Crippen molar-refractivity contribution in [3.8, 4) is 0 Å². The number of rotatable bonds is 8. The van der Waals surface area contributed by atoms with Crippen LogP contribution in [0.5, 0.6) is 0 Å². The van der Waals surface area contributed by atoms with E-state index >= 15 is 0 Å². The highest BCUT2D eigenvalue weighted by Crippen LogP contribution is 2.29. The van der Waals surface area contributed by atoms with Crippen LogP contribution in [0.2, 0.25) is 0 Å². The normalized spacial score (nSPS) is 13.8. The van der Waals surface area contributed by atoms with Crippen LogP contribution in [0.4, 0.5) is 5.69 Å². The largest absolute Gasteiger partial charge is 0.376 e. The molecule has 1 aromatic carbocycles. The molecular weight excluding hydrogens is 336 g/mol. The first-order valence-corrected chi connectivity index (χ1v) is 9.48. The molecule has 0 aliphatic heterocycles. The first-order chi connectivity index (χ1) is 12.0. The summed E-state index contributed by atoms with van der Waals surface area (Å²) < 4.78 is 7.36. The van der Waals surface area contributed by atoms with E-state index in [4.69, 9.17) is 4.74 Å². The maximum atomic E-state index is 12.2. The second-order valence-electron chi connectivity index (χ2n) is 6.62. The number of thiazole rings is 1. The second kappa shape index (κ2) is 7.97. The molecular formula is C19H24N2O3S. The zero-order valence-corrected chi connectivity index (χ0v) is 15.5. The summed E-state index contributed by atoms with van der Waals surface area (Å²) in [6.45, 7) is 5.64. The van der Waals surface area contributed by atoms with Crippen LogP contribution in [0.15, 0.2) is 29.1 Å². The number of nitrogens with zero attached hydrogens (tertiary/aromatic N) is 1. The summed E-state index contributed by atoms with van der Waals surface area (Å²) in [6.07, 6.45) is 2.84. The third-order valence-electron chi connectivity index (χ3n) is 4.47. The fourth-order valence-corrected chi connectivity index (χ4v) is 3.51. The lowest BCUT2D eigenvalue weighted by Gasteiger charge is -2.09. The number of hydrogen-bond acceptors (Lipinski definition) is 4. The molecule has 1 aliphatic rings. The van der Waals surface area contributed by atoms with Crippen molar-refractivity contribution in [1.29, 1.82) is 0 Å². The zero-order valence-electron chi connectivity index (χ0n) is 14.7. The van der Waals surface area contributed by atoms with Crippen molar-refractivity contribution in [3.63, 3.8) is 0 Å². The van der Waals surface area contributed by atoms with E-state index in [1.165, 1.54) is 24.2 Å². The molecule has 6 heteroatoms. The lowest BCUT2D eigenvalue weighted by Crippen LogP contribution is -2.20. The number of nitrogens with one attached hydrogen (secondary N) is 1. The Hall–Kier alpha value is -1.92. The molecule has 1 fully saturated rings. The summed E-state index contributed by atoms with van der Waals surface area (Å²) in [5.41, 5.74) is 2.76. The molecule has 0 atom stereocenters. The van der Waals surface area contributed by atoms with E-state index in [0.717, 1.165) is 34.3 Å². The average Bonchev–Trinajstić information content (AvgIpc) is 3.35. The van der Waals surface area contributed by atoms with Gasteiger partial charge in [0.15, 0.2) is 0 Å². The molecule has 0 unspecified atom stereocenters. The van der Waals surface area contributed by atoms with Crippen LogP contribution in [0, 0.1) is 19.8 Å². The zero-order chi connectivity index (χ0) is 17.8. The summed E-state index contributed by atoms with van der Waals surface area (Å²) in [7, 11) is 0. The Morgan fingerprint density at radius 3 is 2.84 bits per heavy atom. The third kappa shape index (κ3) is 5.03. The highest BCUT2D eigenvalue weighted by Gasteiger charge is 2.21. The van der Waals surface area contributed by atoms with Gasteiger partial charge in [0.25, 0.3) is 0 Å². The molecule has 1 amide bonds. The maximum absolute atomic E-state index is 12.2. The van der Waals surface area contributed by atoms with E-state index in [1.807, 2.05) is 38.1 Å². The minimum absolute atomic E-state index is 0.00221. The van der Waals surface area contributed by atoms with Crippen LogP contribution in [-0.2, 0) is 22.7 Å². The molecule has 1 saturated carbocycles. The molecule has 1 heterocycles. The van der Waals surface area contributed by atoms with Crippen LogP contribution in [-0.4, -0.2) is 17.1 Å². The standard InChI is InChI=1S/C19H24N2O3S/c1-13-14(2)25-19(23)21(13)9-8-18(22)20-17-5-3-4-16(10-17)12-24-11-15-6-7-15/h3-5,10,15H,6-9,11-12H2,1-2H3,(H,20,22). The lowest BCUT2D eigenvalue weighted by atomic mass is 10.2. The molecule has 25 heavy (non-hydrogen) atoms. The fourth-order valence-electron chi connectivity index (χ4n) is 2.65. The van der Waals surface area contributed by atoms with Crippen LogP contribution in [0.3, 0.4) is 0 Å². The number of carbonyl (C=O) groups excluding carboxylic acids is 1. The summed E-state index contributed by atoms with van der Waals surface area (Å²) >= 11 is 1.23. The summed E-state index contributed by atoms with van der Waals surface area (Å²) in [4.78, 5) is 25.1. The molecule has 1 N–H and O–H groups in total. The van der Waals surface area contributed by atoms with Crippen molar-refractivity contribution >= 4 is 22.9 Å². The molecule has 5 nitrogen and oxygen atoms in total. The van der Waals surface area contributed by atoms with Gasteiger partial charge in [-0.25, -0.2) is 0 Å². The number of amides is 1. The van der Waals surface area contributed by atoms with Crippen LogP contribution in [0.1, 0.15) is 35.4 Å². The fraction of sp³-hybridized carbons (Fsp3) is 0.474. The molecule has 1 aliphatic carbocycles. The van der Waals surface area contributed by atoms with Gasteiger partial charge in [0.1, 0.15) is 0 Å². The predicted molar refractivity (Wildman–Crippen MR) is 100 cm³/mol. The quantitative estimate of drug-likeness (QED) is 0.784. The van der Waals surface area contributed by atoms with Crippen molar-refractivity contribution in [2.45, 2.75) is 46.3 Å². The number of hydrogen-bond donors (Lipinski definition) is 1. The Labute approximate surface area is 151 Å². The average molecular weight is 360 g/mol. The smallest absolute Gasteiger partial charge is 0.307 e. The third-order valence-corrected chi connectivity index (χ3v) is 5.46. The molecule has 134 valence electrons. The summed E-state index contributed by atoms with van der Waals surface area (Å²) in [6, 6.07) is 7.73. The van der Waals surface area contributed by atoms with Gasteiger partial charge < -0.3 is 14.6 Å². The van der Waals surface area contributed by atoms with Gasteiger partial charge >= 0.3 is 4.87 Å². The predicted octanol–water partition coefficient (Wildman–Crippen LogP) is 3.48. The van der Waals surface area contributed by atoms with Gasteiger partial charge in [0.2, 0.25) is 5.91 Å². The Kier molecular flexibility index (Phi) is 5.71. The molecule has 1 aromatic heterocycles.